The fourth-order valence-corrected chi connectivity index (χ4v) is 24.7. The van der Waals surface area contributed by atoms with E-state index in [1.165, 1.54) is 122 Å². The summed E-state index contributed by atoms with van der Waals surface area (Å²) in [6, 6.07) is 102. The van der Waals surface area contributed by atoms with E-state index in [9.17, 15) is 9.59 Å². The van der Waals surface area contributed by atoms with Crippen LogP contribution in [0.2, 0.25) is 0 Å². The van der Waals surface area contributed by atoms with Gasteiger partial charge in [0.05, 0.1) is 5.56 Å². The maximum atomic E-state index is 13.0. The van der Waals surface area contributed by atoms with Gasteiger partial charge in [-0.05, 0) is 273 Å². The third-order valence-electron chi connectivity index (χ3n) is 32.5. The average Bonchev–Trinajstić information content (AvgIpc) is 0.919. The van der Waals surface area contributed by atoms with Crippen LogP contribution >= 0.6 is 0 Å². The second-order valence-corrected chi connectivity index (χ2v) is 50.7. The standard InChI is InChI=1S/C32H32.C28H31NO.C28H30O2.C28H30.C14H24/c1-31(2,3)21-11-13-23-27(17-21)29-24-14-12-22(32(4,5)6)18-28(24)30(23)26-16-20-10-8-7-9-19(20)15-25(26)29;1-26(2,3)19-11-15-21(16-12-19)28(22-17-13-20(14-18-22)27(4,5)6)24-10-8-7-9-23(24)25(30)29-28;1-26(2,3)19-11-15-21(16-12-19)28(22-17-13-20(14-18-22)27(4,5)6)24-10-8-7-9-23(24)25(29)30-28;1-27(2,3)17-11-13-21-23(15-17)25-19-9-7-8-10-20(19)26(21)24-16-18(28(4,5)6)12-14-22(24)25;1-13(2,3)14-7-10-4-11(8-14)6-12(5-10)9-14/h7-18,29-30H,1-6H3;7-18H,1-6H3,(H,29,30);7-18H,1-6H3;7-16,25-26H,1-6H3;10-12H,4-9H2,1-3H3. The summed E-state index contributed by atoms with van der Waals surface area (Å²) in [5, 5.41) is 6.04. The maximum Gasteiger partial charge on any atom is 0.340 e. The number of amides is 1. The molecule has 10 aliphatic carbocycles. The highest BCUT2D eigenvalue weighted by Crippen LogP contribution is 2.67. The van der Waals surface area contributed by atoms with Crippen LogP contribution in [0.15, 0.2) is 279 Å². The van der Waals surface area contributed by atoms with Gasteiger partial charge in [-0.3, -0.25) is 4.79 Å². The molecule has 0 saturated heterocycles. The minimum absolute atomic E-state index is 0.0228. The van der Waals surface area contributed by atoms with Crippen molar-refractivity contribution in [3.8, 4) is 0 Å². The van der Waals surface area contributed by atoms with Gasteiger partial charge in [0.2, 0.25) is 0 Å². The number of ether oxygens (including phenoxy) is 1. The number of carbonyl (C=O) groups is 2. The molecule has 12 aliphatic rings. The maximum absolute atomic E-state index is 13.0. The molecule has 0 aromatic heterocycles. The Labute approximate surface area is 803 Å². The van der Waals surface area contributed by atoms with Gasteiger partial charge in [-0.15, -0.1) is 0 Å². The van der Waals surface area contributed by atoms with E-state index >= 15 is 0 Å². The largest absolute Gasteiger partial charge is 0.441 e. The first kappa shape index (κ1) is 93.5. The summed E-state index contributed by atoms with van der Waals surface area (Å²) >= 11 is 0. The third kappa shape index (κ3) is 16.7. The van der Waals surface area contributed by atoms with Crippen LogP contribution in [0.3, 0.4) is 0 Å². The first-order valence-electron chi connectivity index (χ1n) is 50.2. The van der Waals surface area contributed by atoms with Crippen LogP contribution in [0.25, 0.3) is 10.8 Å². The van der Waals surface area contributed by atoms with Crippen LogP contribution in [-0.2, 0) is 59.2 Å². The first-order valence-corrected chi connectivity index (χ1v) is 50.2. The molecule has 1 N–H and O–H groups in total. The lowest BCUT2D eigenvalue weighted by molar-refractivity contribution is -0.113. The molecule has 4 atom stereocenters. The van der Waals surface area contributed by atoms with Gasteiger partial charge in [-0.2, -0.15) is 0 Å². The summed E-state index contributed by atoms with van der Waals surface area (Å²) in [6.45, 7) is 61.8. The third-order valence-corrected chi connectivity index (χ3v) is 32.5. The van der Waals surface area contributed by atoms with Crippen LogP contribution in [0.4, 0.5) is 0 Å². The molecule has 134 heavy (non-hydrogen) atoms. The molecule has 0 spiro atoms. The van der Waals surface area contributed by atoms with Gasteiger partial charge in [0, 0.05) is 45.9 Å². The van der Waals surface area contributed by atoms with Gasteiger partial charge in [-0.25, -0.2) is 4.79 Å². The molecule has 13 aromatic carbocycles. The number of hydrogen-bond acceptors (Lipinski definition) is 3. The molecule has 2 aliphatic heterocycles. The summed E-state index contributed by atoms with van der Waals surface area (Å²) in [6.07, 6.45) is 9.41. The molecule has 4 saturated carbocycles. The molecule has 2 heterocycles. The molecular weight excluding hydrogens is 1620 g/mol. The van der Waals surface area contributed by atoms with Gasteiger partial charge in [0.1, 0.15) is 5.54 Å². The van der Waals surface area contributed by atoms with E-state index in [2.05, 4.69) is 429 Å². The Bertz CT molecular complexity index is 6150. The predicted octanol–water partition coefficient (Wildman–Crippen LogP) is 33.0. The van der Waals surface area contributed by atoms with Crippen molar-refractivity contribution >= 4 is 22.6 Å². The number of hydrogen-bond donors (Lipinski definition) is 1. The molecule has 8 bridgehead atoms. The number of benzene rings is 13. The zero-order valence-electron chi connectivity index (χ0n) is 85.6. The average molecular weight is 1770 g/mol. The number of cyclic esters (lactones) is 1. The highest BCUT2D eigenvalue weighted by atomic mass is 16.6. The van der Waals surface area contributed by atoms with E-state index in [4.69, 9.17) is 4.74 Å². The van der Waals surface area contributed by atoms with Crippen molar-refractivity contribution < 1.29 is 14.3 Å². The molecule has 25 rings (SSSR count). The van der Waals surface area contributed by atoms with Crippen LogP contribution in [0.5, 0.6) is 0 Å². The zero-order chi connectivity index (χ0) is 95.7. The molecule has 4 nitrogen and oxygen atoms in total. The molecule has 0 radical (unpaired) electrons. The van der Waals surface area contributed by atoms with Crippen LogP contribution in [-0.4, -0.2) is 11.9 Å². The SMILES string of the molecule is CC(C)(C)C12CC3CC(CC(C3)C1)C2.CC(C)(C)c1ccc(C2(c3ccc(C(C)(C)C)cc3)NC(=O)c3ccccc32)cc1.CC(C)(C)c1ccc(C2(c3ccc(C(C)(C)C)cc3)OC(=O)c3ccccc32)cc1.CC(C)(C)c1ccc2c(c1)C1c3ccc(C(C)(C)C)cc3C2c2cc3ccccc3cc21.CC(C)(C)c1ccc2c(c1)C1c3ccccc3C2c2cc(C(C)(C)C)ccc21. The normalized spacial score (nSPS) is 21.0. The van der Waals surface area contributed by atoms with Gasteiger partial charge >= 0.3 is 5.97 Å². The minimum Gasteiger partial charge on any atom is -0.441 e. The summed E-state index contributed by atoms with van der Waals surface area (Å²) in [5.74, 6) is 4.41. The van der Waals surface area contributed by atoms with E-state index in [1.54, 1.807) is 38.5 Å². The molecule has 4 unspecified atom stereocenters. The van der Waals surface area contributed by atoms with Crippen LogP contribution in [0.1, 0.15) is 415 Å². The van der Waals surface area contributed by atoms with Gasteiger partial charge in [-0.1, -0.05) is 442 Å². The number of rotatable bonds is 4. The van der Waals surface area contributed by atoms with E-state index < -0.39 is 11.1 Å². The summed E-state index contributed by atoms with van der Waals surface area (Å²) < 4.78 is 6.20. The molecule has 1 amide bonds. The Morgan fingerprint density at radius 3 is 0.821 bits per heavy atom. The lowest BCUT2D eigenvalue weighted by Crippen LogP contribution is -2.51. The van der Waals surface area contributed by atoms with E-state index in [0.717, 1.165) is 62.1 Å². The fraction of sp³-hybridized carbons (Fsp3) is 0.400. The minimum atomic E-state index is -0.930. The molecular formula is C130H147NO3. The first-order chi connectivity index (χ1) is 62.8. The summed E-state index contributed by atoms with van der Waals surface area (Å²) in [5.41, 5.74) is 36.9. The smallest absolute Gasteiger partial charge is 0.340 e. The summed E-state index contributed by atoms with van der Waals surface area (Å²) in [7, 11) is 0. The topological polar surface area (TPSA) is 55.4 Å². The summed E-state index contributed by atoms with van der Waals surface area (Å²) in [4.78, 5) is 25.8. The van der Waals surface area contributed by atoms with Crippen molar-refractivity contribution in [2.24, 2.45) is 28.6 Å². The number of esters is 1. The van der Waals surface area contributed by atoms with Gasteiger partial charge in [0.15, 0.2) is 5.60 Å². The van der Waals surface area contributed by atoms with Crippen molar-refractivity contribution in [2.75, 3.05) is 0 Å². The molecule has 13 aromatic rings. The Balaban J connectivity index is 0.000000114. The molecule has 690 valence electrons. The van der Waals surface area contributed by atoms with E-state index in [-0.39, 0.29) is 55.2 Å². The highest BCUT2D eigenvalue weighted by Gasteiger charge is 2.56. The Morgan fingerprint density at radius 1 is 0.254 bits per heavy atom. The van der Waals surface area contributed by atoms with Gasteiger partial charge in [0.25, 0.3) is 5.91 Å². The molecule has 4 heteroatoms. The van der Waals surface area contributed by atoms with Crippen molar-refractivity contribution in [3.05, 3.63) is 435 Å². The van der Waals surface area contributed by atoms with Crippen LogP contribution < -0.4 is 5.32 Å². The highest BCUT2D eigenvalue weighted by molar-refractivity contribution is 6.02. The van der Waals surface area contributed by atoms with Crippen molar-refractivity contribution in [3.63, 3.8) is 0 Å². The second-order valence-electron chi connectivity index (χ2n) is 50.7. The van der Waals surface area contributed by atoms with Gasteiger partial charge < -0.3 is 10.1 Å². The van der Waals surface area contributed by atoms with Crippen molar-refractivity contribution in [1.29, 1.82) is 0 Å². The number of fused-ring (bicyclic) bond motifs is 3. The fourth-order valence-electron chi connectivity index (χ4n) is 24.7. The lowest BCUT2D eigenvalue weighted by Gasteiger charge is -2.62. The Hall–Kier alpha value is -10.9. The number of carbonyl (C=O) groups excluding carboxylic acids is 2. The Kier molecular flexibility index (Phi) is 23.2. The van der Waals surface area contributed by atoms with Crippen LogP contribution in [0, 0.1) is 28.6 Å². The second kappa shape index (κ2) is 33.2. The predicted molar refractivity (Wildman–Crippen MR) is 561 cm³/mol. The lowest BCUT2D eigenvalue weighted by atomic mass is 9.43. The van der Waals surface area contributed by atoms with E-state index in [0.29, 0.717) is 34.7 Å². The van der Waals surface area contributed by atoms with Crippen molar-refractivity contribution in [1.82, 2.24) is 5.32 Å². The zero-order valence-corrected chi connectivity index (χ0v) is 85.6. The Morgan fingerprint density at radius 2 is 0.507 bits per heavy atom. The monoisotopic (exact) mass is 1770 g/mol. The quantitative estimate of drug-likeness (QED) is 0.179. The molecule has 4 fully saturated rings. The van der Waals surface area contributed by atoms with Crippen molar-refractivity contribution in [2.45, 2.75) is 304 Å². The van der Waals surface area contributed by atoms with E-state index in [1.807, 2.05) is 42.5 Å². The number of nitrogens with one attached hydrogen (secondary N) is 1.